The molecule has 3 heteroatoms. The predicted molar refractivity (Wildman–Crippen MR) is 31.6 cm³/mol. The van der Waals surface area contributed by atoms with Gasteiger partial charge < -0.3 is 0 Å². The van der Waals surface area contributed by atoms with E-state index in [1.807, 2.05) is 13.8 Å². The summed E-state index contributed by atoms with van der Waals surface area (Å²) in [5, 5.41) is 0. The van der Waals surface area contributed by atoms with Crippen molar-refractivity contribution in [2.45, 2.75) is 18.2 Å². The van der Waals surface area contributed by atoms with Crippen LogP contribution in [0.4, 0.5) is 0 Å². The molecule has 36 valence electrons. The Morgan fingerprint density at radius 2 is 2.14 bits per heavy atom. The Morgan fingerprint density at radius 3 is 2.14 bits per heavy atom. The van der Waals surface area contributed by atoms with E-state index < -0.39 is 0 Å². The van der Waals surface area contributed by atoms with Gasteiger partial charge in [0.1, 0.15) is 0 Å². The topological polar surface area (TPSA) is 17.1 Å². The van der Waals surface area contributed by atoms with Crippen LogP contribution in [0.5, 0.6) is 0 Å². The summed E-state index contributed by atoms with van der Waals surface area (Å²) < 4.78 is -0.0347. The summed E-state index contributed by atoms with van der Waals surface area (Å²) in [6.07, 6.45) is 1.02. The minimum atomic E-state index is -0.0347. The van der Waals surface area contributed by atoms with Gasteiger partial charge in [0.05, 0.1) is 0 Å². The molecule has 0 atom stereocenters. The number of carbonyl (C=O) groups is 1. The van der Waals surface area contributed by atoms with Crippen molar-refractivity contribution in [1.82, 2.24) is 0 Å². The molecule has 0 aliphatic heterocycles. The van der Waals surface area contributed by atoms with Crippen molar-refractivity contribution in [2.24, 2.45) is 0 Å². The molecule has 7 heavy (non-hydrogen) atoms. The van der Waals surface area contributed by atoms with E-state index in [1.165, 1.54) is 0 Å². The molecule has 0 unspecified atom stereocenters. The Morgan fingerprint density at radius 1 is 1.71 bits per heavy atom. The van der Waals surface area contributed by atoms with Crippen molar-refractivity contribution in [3.8, 4) is 0 Å². The van der Waals surface area contributed by atoms with Crippen molar-refractivity contribution in [3.63, 3.8) is 0 Å². The van der Waals surface area contributed by atoms with Crippen LogP contribution in [0.1, 0.15) is 13.8 Å². The summed E-state index contributed by atoms with van der Waals surface area (Å²) in [7, 11) is 0. The Hall–Kier alpha value is 0.787. The van der Waals surface area contributed by atoms with E-state index in [1.54, 1.807) is 0 Å². The zero-order valence-electron chi connectivity index (χ0n) is 4.89. The van der Waals surface area contributed by atoms with Crippen molar-refractivity contribution in [3.05, 3.63) is 0 Å². The van der Waals surface area contributed by atoms with Crippen molar-refractivity contribution in [2.75, 3.05) is 0 Å². The first-order chi connectivity index (χ1) is 3.12. The van der Waals surface area contributed by atoms with E-state index in [4.69, 9.17) is 0 Å². The van der Waals surface area contributed by atoms with Crippen LogP contribution in [0.3, 0.4) is 0 Å². The van der Waals surface area contributed by atoms with Crippen LogP contribution in [0.25, 0.3) is 0 Å². The van der Waals surface area contributed by atoms with E-state index in [9.17, 15) is 4.79 Å². The molecule has 0 heterocycles. The fraction of sp³-hybridized carbons (Fsp3) is 0.750. The number of hydrogen-bond donors (Lipinski definition) is 0. The Labute approximate surface area is 57.9 Å². The van der Waals surface area contributed by atoms with Crippen LogP contribution in [0.15, 0.2) is 0 Å². The molecule has 1 nitrogen and oxygen atoms in total. The summed E-state index contributed by atoms with van der Waals surface area (Å²) in [5.41, 5.74) is 0. The Bertz CT molecular complexity index is 72.1. The van der Waals surface area contributed by atoms with Gasteiger partial charge in [0.25, 0.3) is 0 Å². The van der Waals surface area contributed by atoms with Gasteiger partial charge in [0.2, 0.25) is 0 Å². The molecular formula is C4H7LiOSe. The summed E-state index contributed by atoms with van der Waals surface area (Å²) in [6, 6.07) is 0. The average molecular weight is 157 g/mol. The standard InChI is InChI=1S/C4H8OSe.Li/c1-4(2,6)3-5;/h3,6H,1-2H3;/q;+1/p-1. The zero-order chi connectivity index (χ0) is 5.91. The Kier molecular flexibility index (Phi) is 3.27. The molecule has 0 aromatic heterocycles. The van der Waals surface area contributed by atoms with Crippen molar-refractivity contribution >= 4 is 34.8 Å². The van der Waals surface area contributed by atoms with Crippen LogP contribution in [0, 0.1) is 0 Å². The van der Waals surface area contributed by atoms with Gasteiger partial charge in [-0.3, -0.25) is 0 Å². The molecule has 0 saturated heterocycles. The normalized spacial score (nSPS) is 11.4. The number of aldehydes is 1. The molecule has 0 fully saturated rings. The Balaban J connectivity index is 3.58. The molecule has 0 radical (unpaired) electrons. The van der Waals surface area contributed by atoms with Crippen molar-refractivity contribution < 1.29 is 4.79 Å². The van der Waals surface area contributed by atoms with Crippen LogP contribution >= 0.6 is 0 Å². The maximum absolute atomic E-state index is 10.1. The second-order valence-corrected chi connectivity index (χ2v) is 4.99. The molecule has 0 aromatic rings. The molecule has 0 aliphatic carbocycles. The van der Waals surface area contributed by atoms with Gasteiger partial charge in [-0.25, -0.2) is 0 Å². The van der Waals surface area contributed by atoms with E-state index in [0.29, 0.717) is 12.8 Å². The van der Waals surface area contributed by atoms with E-state index in [2.05, 4.69) is 15.8 Å². The quantitative estimate of drug-likeness (QED) is 0.412. The van der Waals surface area contributed by atoms with Gasteiger partial charge in [-0.15, -0.1) is 0 Å². The maximum atomic E-state index is 10.1. The summed E-state index contributed by atoms with van der Waals surface area (Å²) in [6.45, 7) is 3.92. The third-order valence-corrected chi connectivity index (χ3v) is 3.22. The molecule has 0 aromatic carbocycles. The summed E-state index contributed by atoms with van der Waals surface area (Å²) in [4.78, 5) is 10.1. The minimum absolute atomic E-state index is 0.0347. The molecule has 0 rings (SSSR count). The van der Waals surface area contributed by atoms with Crippen LogP contribution in [0.2, 0.25) is 4.31 Å². The number of hydrogen-bond acceptors (Lipinski definition) is 1. The molecule has 0 amide bonds. The molecule has 0 bridgehead atoms. The van der Waals surface area contributed by atoms with Gasteiger partial charge in [-0.2, -0.15) is 0 Å². The summed E-state index contributed by atoms with van der Waals surface area (Å²) >= 11 is 2.52. The third kappa shape index (κ3) is 3.38. The van der Waals surface area contributed by atoms with Gasteiger partial charge in [0, 0.05) is 0 Å². The summed E-state index contributed by atoms with van der Waals surface area (Å²) in [5.74, 6) is 0. The molecule has 0 aliphatic rings. The molecular weight excluding hydrogens is 150 g/mol. The fourth-order valence-electron chi connectivity index (χ4n) is 0.0481. The monoisotopic (exact) mass is 158 g/mol. The number of rotatable bonds is 2. The van der Waals surface area contributed by atoms with Crippen molar-refractivity contribution in [1.29, 1.82) is 0 Å². The van der Waals surface area contributed by atoms with Gasteiger partial charge >= 0.3 is 57.8 Å². The first-order valence-electron chi connectivity index (χ1n) is 2.14. The second-order valence-electron chi connectivity index (χ2n) is 1.93. The van der Waals surface area contributed by atoms with Crippen LogP contribution in [-0.2, 0) is 4.79 Å². The first kappa shape index (κ1) is 7.79. The molecule has 0 N–H and O–H groups in total. The molecule has 0 spiro atoms. The fourth-order valence-corrected chi connectivity index (χ4v) is 0.250. The van der Waals surface area contributed by atoms with E-state index in [0.717, 1.165) is 6.29 Å². The van der Waals surface area contributed by atoms with Crippen LogP contribution in [-0.4, -0.2) is 34.8 Å². The van der Waals surface area contributed by atoms with Gasteiger partial charge in [-0.05, 0) is 0 Å². The first-order valence-corrected chi connectivity index (χ1v) is 4.71. The van der Waals surface area contributed by atoms with Gasteiger partial charge in [0.15, 0.2) is 0 Å². The SMILES string of the molecule is [Li][Se]C(C)(C)C=O. The van der Waals surface area contributed by atoms with Crippen LogP contribution < -0.4 is 0 Å². The van der Waals surface area contributed by atoms with E-state index >= 15 is 0 Å². The van der Waals surface area contributed by atoms with E-state index in [-0.39, 0.29) is 4.31 Å². The van der Waals surface area contributed by atoms with Gasteiger partial charge in [-0.1, -0.05) is 0 Å². The third-order valence-electron chi connectivity index (χ3n) is 0.810. The second kappa shape index (κ2) is 2.94. The molecule has 0 saturated carbocycles. The average Bonchev–Trinajstić information content (AvgIpc) is 1.68. The zero-order valence-corrected chi connectivity index (χ0v) is 6.61. The number of carbonyl (C=O) groups excluding carboxylic acids is 1. The predicted octanol–water partition coefficient (Wildman–Crippen LogP) is 0.171.